The average molecular weight is 960 g/mol. The minimum atomic E-state index is -4.11. The number of aromatic nitrogens is 1. The zero-order valence-corrected chi connectivity index (χ0v) is 40.7. The number of ether oxygens (including phenoxy) is 3. The summed E-state index contributed by atoms with van der Waals surface area (Å²) in [5.41, 5.74) is 12.7. The number of hydrogen-bond acceptors (Lipinski definition) is 8. The van der Waals surface area contributed by atoms with Crippen molar-refractivity contribution in [2.45, 2.75) is 64.0 Å². The van der Waals surface area contributed by atoms with Gasteiger partial charge in [-0.05, 0) is 70.3 Å². The Labute approximate surface area is 405 Å². The molecule has 1 aliphatic heterocycles. The molecule has 6 aromatic rings. The van der Waals surface area contributed by atoms with E-state index in [9.17, 15) is 17.8 Å². The maximum atomic E-state index is 12.7. The molecule has 358 valence electrons. The van der Waals surface area contributed by atoms with Crippen LogP contribution in [0.1, 0.15) is 62.6 Å². The highest BCUT2D eigenvalue weighted by atomic mass is 35.5. The van der Waals surface area contributed by atoms with Crippen molar-refractivity contribution in [3.63, 3.8) is 0 Å². The van der Waals surface area contributed by atoms with Crippen LogP contribution in [0.15, 0.2) is 120 Å². The number of carbonyl (C=O) groups excluding carboxylic acids is 1. The fourth-order valence-corrected chi connectivity index (χ4v) is 10.9. The van der Waals surface area contributed by atoms with E-state index in [0.717, 1.165) is 75.1 Å². The van der Waals surface area contributed by atoms with E-state index in [1.165, 1.54) is 22.0 Å². The Kier molecular flexibility index (Phi) is 16.2. The number of nitrogens with zero attached hydrogens (tertiary/aromatic N) is 2. The van der Waals surface area contributed by atoms with Gasteiger partial charge in [0.2, 0.25) is 5.91 Å². The topological polar surface area (TPSA) is 145 Å². The number of carbonyl (C=O) groups is 1. The van der Waals surface area contributed by atoms with Crippen LogP contribution in [-0.4, -0.2) is 94.5 Å². The number of rotatable bonds is 24. The maximum Gasteiger partial charge on any atom is 0.264 e. The van der Waals surface area contributed by atoms with E-state index in [2.05, 4.69) is 126 Å². The highest BCUT2D eigenvalue weighted by Gasteiger charge is 2.44. The van der Waals surface area contributed by atoms with Crippen molar-refractivity contribution in [1.82, 2.24) is 9.88 Å². The van der Waals surface area contributed by atoms with Crippen molar-refractivity contribution in [3.05, 3.63) is 142 Å². The molecule has 2 aliphatic rings. The predicted octanol–water partition coefficient (Wildman–Crippen LogP) is 9.18. The number of anilines is 1. The van der Waals surface area contributed by atoms with Crippen molar-refractivity contribution in [2.75, 3.05) is 69.9 Å². The highest BCUT2D eigenvalue weighted by Crippen LogP contribution is 2.50. The van der Waals surface area contributed by atoms with Gasteiger partial charge in [-0.25, -0.2) is 0 Å². The third-order valence-electron chi connectivity index (χ3n) is 13.2. The molecule has 1 aliphatic carbocycles. The van der Waals surface area contributed by atoms with E-state index in [-0.39, 0.29) is 29.5 Å². The number of fused-ring (bicyclic) bond motifs is 4. The molecule has 0 bridgehead atoms. The van der Waals surface area contributed by atoms with Crippen molar-refractivity contribution in [1.29, 1.82) is 0 Å². The number of aryl methyl sites for hydroxylation is 1. The monoisotopic (exact) mass is 958 g/mol. The van der Waals surface area contributed by atoms with Gasteiger partial charge >= 0.3 is 0 Å². The lowest BCUT2D eigenvalue weighted by Gasteiger charge is -2.32. The molecule has 0 saturated heterocycles. The predicted molar refractivity (Wildman–Crippen MR) is 278 cm³/mol. The van der Waals surface area contributed by atoms with E-state index in [1.54, 1.807) is 0 Å². The maximum absolute atomic E-state index is 12.7. The van der Waals surface area contributed by atoms with Crippen molar-refractivity contribution < 1.29 is 32.0 Å². The molecule has 8 rings (SSSR count). The Hall–Kier alpha value is -5.31. The summed E-state index contributed by atoms with van der Waals surface area (Å²) in [6.07, 6.45) is 12.1. The summed E-state index contributed by atoms with van der Waals surface area (Å²) in [5.74, 6) is -0.285. The van der Waals surface area contributed by atoms with Crippen LogP contribution in [0.2, 0.25) is 0 Å². The molecule has 0 spiro atoms. The van der Waals surface area contributed by atoms with Gasteiger partial charge in [-0.3, -0.25) is 9.35 Å². The fraction of sp³-hybridized carbons (Fsp3) is 0.364. The number of amides is 1. The molecule has 1 aromatic heterocycles. The van der Waals surface area contributed by atoms with Gasteiger partial charge in [-0.15, -0.1) is 0 Å². The van der Waals surface area contributed by atoms with Gasteiger partial charge in [0, 0.05) is 76.5 Å². The molecule has 1 amide bonds. The molecule has 1 unspecified atom stereocenters. The lowest BCUT2D eigenvalue weighted by atomic mass is 9.78. The number of nitrogens with two attached hydrogens (primary N) is 1. The first-order chi connectivity index (χ1) is 33.0. The number of nitrogens with one attached hydrogen (secondary N) is 1. The second kappa shape index (κ2) is 22.4. The van der Waals surface area contributed by atoms with Gasteiger partial charge in [0.15, 0.2) is 0 Å². The Balaban J connectivity index is 0.996. The van der Waals surface area contributed by atoms with Crippen LogP contribution in [0.4, 0.5) is 5.69 Å². The van der Waals surface area contributed by atoms with Gasteiger partial charge in [-0.1, -0.05) is 135 Å². The number of hydrogen-bond donors (Lipinski definition) is 3. The zero-order chi connectivity index (χ0) is 47.7. The number of halogens is 1. The van der Waals surface area contributed by atoms with Crippen LogP contribution in [-0.2, 0) is 41.1 Å². The van der Waals surface area contributed by atoms with E-state index >= 15 is 0 Å². The Morgan fingerprint density at radius 3 is 2.25 bits per heavy atom. The minimum Gasteiger partial charge on any atom is -0.378 e. The second-order valence-electron chi connectivity index (χ2n) is 18.1. The second-order valence-corrected chi connectivity index (χ2v) is 20.0. The van der Waals surface area contributed by atoms with Crippen molar-refractivity contribution >= 4 is 83.0 Å². The van der Waals surface area contributed by atoms with Crippen LogP contribution in [0.25, 0.3) is 49.7 Å². The first kappa shape index (κ1) is 49.1. The van der Waals surface area contributed by atoms with E-state index in [4.69, 9.17) is 31.5 Å². The quantitative estimate of drug-likeness (QED) is 0.0400. The smallest absolute Gasteiger partial charge is 0.264 e. The molecule has 4 N–H and O–H groups in total. The summed E-state index contributed by atoms with van der Waals surface area (Å²) in [4.78, 5) is 15.2. The Morgan fingerprint density at radius 2 is 1.47 bits per heavy atom. The van der Waals surface area contributed by atoms with Crippen LogP contribution in [0, 0.1) is 0 Å². The zero-order valence-electron chi connectivity index (χ0n) is 39.1. The first-order valence-electron chi connectivity index (χ1n) is 23.8. The molecule has 0 radical (unpaired) electrons. The van der Waals surface area contributed by atoms with Gasteiger partial charge < -0.3 is 34.7 Å². The SMILES string of the molecule is CC1(C)c2c(ccc3ccccc23)N(CCCCCC(=O)NCCOCCOCCOCCN)C1/C=C/C1=C(Cl)C(=C/C=c2\c3cccc4cccc(c43)n2CCCS(=O)(=O)O)/c2ccccc21. The largest absolute Gasteiger partial charge is 0.378 e. The molecular formula is C55H63ClN4O7S. The third kappa shape index (κ3) is 11.1. The third-order valence-corrected chi connectivity index (χ3v) is 14.4. The molecule has 68 heavy (non-hydrogen) atoms. The molecule has 13 heteroatoms. The number of unbranched alkanes of at least 4 members (excludes halogenated alkanes) is 2. The van der Waals surface area contributed by atoms with Gasteiger partial charge in [0.1, 0.15) is 0 Å². The lowest BCUT2D eigenvalue weighted by molar-refractivity contribution is -0.121. The molecule has 0 saturated carbocycles. The van der Waals surface area contributed by atoms with Crippen molar-refractivity contribution in [2.24, 2.45) is 5.73 Å². The average Bonchev–Trinajstić information content (AvgIpc) is 3.86. The minimum absolute atomic E-state index is 0.0227. The molecule has 5 aromatic carbocycles. The number of benzene rings is 5. The summed E-state index contributed by atoms with van der Waals surface area (Å²) in [6.45, 7) is 9.80. The van der Waals surface area contributed by atoms with Gasteiger partial charge in [0.05, 0.1) is 56.5 Å². The van der Waals surface area contributed by atoms with Crippen LogP contribution in [0.3, 0.4) is 0 Å². The fourth-order valence-electron chi connectivity index (χ4n) is 10.1. The first-order valence-corrected chi connectivity index (χ1v) is 25.8. The summed E-state index contributed by atoms with van der Waals surface area (Å²) in [7, 11) is -4.11. The van der Waals surface area contributed by atoms with Crippen LogP contribution >= 0.6 is 11.6 Å². The Morgan fingerprint density at radius 1 is 0.779 bits per heavy atom. The van der Waals surface area contributed by atoms with Crippen molar-refractivity contribution in [3.8, 4) is 0 Å². The number of allylic oxidation sites excluding steroid dienone is 5. The molecule has 1 atom stereocenters. The molecule has 2 heterocycles. The highest BCUT2D eigenvalue weighted by molar-refractivity contribution is 7.85. The molecule has 11 nitrogen and oxygen atoms in total. The van der Waals surface area contributed by atoms with Crippen LogP contribution in [0.5, 0.6) is 0 Å². The summed E-state index contributed by atoms with van der Waals surface area (Å²) in [6, 6.07) is 33.9. The van der Waals surface area contributed by atoms with Crippen LogP contribution < -0.4 is 21.3 Å². The van der Waals surface area contributed by atoms with E-state index in [0.29, 0.717) is 70.7 Å². The standard InChI is InChI=1S/C55H63ClN4O7S/c1-55(2)50(60(49-25-22-39-13-5-6-16-41(39)53(49)55)30-9-3-4-21-51(61)58-29-33-66-35-37-67-36-34-65-32-28-57)27-24-45-43-18-8-7-17-42(43)44(54(45)56)23-26-47-46-19-10-14-40-15-11-20-48(52(40)46)59(47)31-12-38-68(62,63)64/h5-8,10-11,13-20,22-27,50H,3-4,9,12,21,28-38,57H2,1-2H3,(H,58,61)(H,62,63,64)/b27-24+,44-23+,47-26+. The van der Waals surface area contributed by atoms with E-state index < -0.39 is 10.1 Å². The van der Waals surface area contributed by atoms with E-state index in [1.807, 2.05) is 24.3 Å². The van der Waals surface area contributed by atoms with Gasteiger partial charge in [-0.2, -0.15) is 8.42 Å². The summed E-state index contributed by atoms with van der Waals surface area (Å²) >= 11 is 7.48. The summed E-state index contributed by atoms with van der Waals surface area (Å²) < 4.78 is 51.5. The summed E-state index contributed by atoms with van der Waals surface area (Å²) in [5, 5.41) is 10.4. The lowest BCUT2D eigenvalue weighted by Crippen LogP contribution is -2.40. The van der Waals surface area contributed by atoms with Gasteiger partial charge in [0.25, 0.3) is 10.1 Å². The molecular weight excluding hydrogens is 896 g/mol. The Bertz CT molecular complexity index is 3010. The molecule has 0 fully saturated rings. The normalized spacial score (nSPS) is 16.7.